The fourth-order valence-corrected chi connectivity index (χ4v) is 1.90. The quantitative estimate of drug-likeness (QED) is 0.608. The summed E-state index contributed by atoms with van der Waals surface area (Å²) in [5.74, 6) is -1.17. The number of rotatable bonds is 7. The number of halogens is 1. The lowest BCUT2D eigenvalue weighted by Crippen LogP contribution is -2.28. The van der Waals surface area contributed by atoms with Gasteiger partial charge >= 0.3 is 11.9 Å². The zero-order chi connectivity index (χ0) is 15.8. The zero-order valence-corrected chi connectivity index (χ0v) is 13.9. The number of ether oxygens (including phenoxy) is 2. The fraction of sp³-hybridized carbons (Fsp3) is 0.467. The van der Waals surface area contributed by atoms with Crippen LogP contribution in [0.15, 0.2) is 18.2 Å². The van der Waals surface area contributed by atoms with Crippen molar-refractivity contribution in [3.05, 3.63) is 29.3 Å². The van der Waals surface area contributed by atoms with Crippen molar-refractivity contribution >= 4 is 30.0 Å². The molecule has 0 aromatic heterocycles. The average molecular weight is 331 g/mol. The Morgan fingerprint density at radius 1 is 1.14 bits per heavy atom. The third-order valence-corrected chi connectivity index (χ3v) is 3.20. The number of carbonyl (C=O) groups is 2. The molecule has 0 spiro atoms. The van der Waals surface area contributed by atoms with E-state index in [-0.39, 0.29) is 30.1 Å². The maximum Gasteiger partial charge on any atom is 0.339 e. The van der Waals surface area contributed by atoms with Crippen LogP contribution in [0.4, 0.5) is 5.69 Å². The normalized spacial score (nSPS) is 10.0. The molecule has 0 saturated carbocycles. The molecule has 1 rings (SSSR count). The highest BCUT2D eigenvalue weighted by Gasteiger charge is 2.19. The Labute approximate surface area is 137 Å². The van der Waals surface area contributed by atoms with E-state index in [2.05, 4.69) is 9.64 Å². The summed E-state index contributed by atoms with van der Waals surface area (Å²) in [5.41, 5.74) is 6.32. The molecule has 0 unspecified atom stereocenters. The van der Waals surface area contributed by atoms with Crippen molar-refractivity contribution in [3.63, 3.8) is 0 Å². The van der Waals surface area contributed by atoms with Crippen LogP contribution in [0, 0.1) is 0 Å². The minimum Gasteiger partial charge on any atom is -0.465 e. The standard InChI is InChI=1S/C15H22N2O4.ClH/c1-4-17(5-2)8-9-21-15(19)13-10-11(16)6-7-12(13)14(18)20-3;/h6-7,10H,4-5,8-9,16H2,1-3H3;1H. The Morgan fingerprint density at radius 2 is 1.77 bits per heavy atom. The summed E-state index contributed by atoms with van der Waals surface area (Å²) in [6.07, 6.45) is 0. The number of hydrogen-bond donors (Lipinski definition) is 1. The lowest BCUT2D eigenvalue weighted by Gasteiger charge is -2.17. The largest absolute Gasteiger partial charge is 0.465 e. The molecule has 0 heterocycles. The van der Waals surface area contributed by atoms with Gasteiger partial charge < -0.3 is 20.1 Å². The van der Waals surface area contributed by atoms with E-state index in [1.54, 1.807) is 6.07 Å². The van der Waals surface area contributed by atoms with Gasteiger partial charge in [0.25, 0.3) is 0 Å². The van der Waals surface area contributed by atoms with Crippen LogP contribution in [0.1, 0.15) is 34.6 Å². The number of likely N-dealkylation sites (N-methyl/N-ethyl adjacent to an activating group) is 1. The van der Waals surface area contributed by atoms with Gasteiger partial charge in [0, 0.05) is 12.2 Å². The van der Waals surface area contributed by atoms with Crippen molar-refractivity contribution in [1.29, 1.82) is 0 Å². The highest BCUT2D eigenvalue weighted by Crippen LogP contribution is 2.16. The third-order valence-electron chi connectivity index (χ3n) is 3.20. The summed E-state index contributed by atoms with van der Waals surface area (Å²) in [6.45, 7) is 6.77. The summed E-state index contributed by atoms with van der Waals surface area (Å²) >= 11 is 0. The van der Waals surface area contributed by atoms with Crippen LogP contribution >= 0.6 is 12.4 Å². The predicted octanol–water partition coefficient (Wildman–Crippen LogP) is 1.98. The van der Waals surface area contributed by atoms with Gasteiger partial charge in [0.2, 0.25) is 0 Å². The number of anilines is 1. The summed E-state index contributed by atoms with van der Waals surface area (Å²) in [5, 5.41) is 0. The third kappa shape index (κ3) is 5.54. The second-order valence-corrected chi connectivity index (χ2v) is 4.46. The molecule has 6 nitrogen and oxygen atoms in total. The molecule has 0 atom stereocenters. The smallest absolute Gasteiger partial charge is 0.339 e. The summed E-state index contributed by atoms with van der Waals surface area (Å²) < 4.78 is 9.86. The number of nitrogens with zero attached hydrogens (tertiary/aromatic N) is 1. The lowest BCUT2D eigenvalue weighted by atomic mass is 10.1. The van der Waals surface area contributed by atoms with E-state index < -0.39 is 11.9 Å². The van der Waals surface area contributed by atoms with Gasteiger partial charge in [-0.3, -0.25) is 0 Å². The molecule has 0 fully saturated rings. The molecule has 7 heteroatoms. The van der Waals surface area contributed by atoms with E-state index >= 15 is 0 Å². The summed E-state index contributed by atoms with van der Waals surface area (Å²) in [6, 6.07) is 4.42. The Morgan fingerprint density at radius 3 is 2.32 bits per heavy atom. The molecule has 0 aliphatic rings. The molecule has 0 bridgehead atoms. The van der Waals surface area contributed by atoms with Crippen molar-refractivity contribution in [3.8, 4) is 0 Å². The number of carbonyl (C=O) groups excluding carboxylic acids is 2. The van der Waals surface area contributed by atoms with Gasteiger partial charge in [0.1, 0.15) is 6.61 Å². The molecule has 1 aromatic carbocycles. The van der Waals surface area contributed by atoms with Crippen LogP contribution in [-0.4, -0.2) is 50.2 Å². The van der Waals surface area contributed by atoms with E-state index in [4.69, 9.17) is 10.5 Å². The highest BCUT2D eigenvalue weighted by atomic mass is 35.5. The maximum absolute atomic E-state index is 12.1. The Bertz CT molecular complexity index is 504. The predicted molar refractivity (Wildman–Crippen MR) is 87.5 cm³/mol. The molecule has 124 valence electrons. The first-order valence-electron chi connectivity index (χ1n) is 6.90. The van der Waals surface area contributed by atoms with Crippen molar-refractivity contribution in [2.75, 3.05) is 39.1 Å². The number of nitrogen functional groups attached to an aromatic ring is 1. The van der Waals surface area contributed by atoms with Gasteiger partial charge in [-0.25, -0.2) is 9.59 Å². The first kappa shape index (κ1) is 20.2. The van der Waals surface area contributed by atoms with Crippen LogP contribution < -0.4 is 5.73 Å². The highest BCUT2D eigenvalue weighted by molar-refractivity contribution is 6.03. The Balaban J connectivity index is 0.00000441. The second kappa shape index (κ2) is 10.0. The van der Waals surface area contributed by atoms with E-state index in [1.807, 2.05) is 13.8 Å². The van der Waals surface area contributed by atoms with E-state index in [0.717, 1.165) is 13.1 Å². The van der Waals surface area contributed by atoms with Crippen molar-refractivity contribution in [2.24, 2.45) is 0 Å². The SMILES string of the molecule is CCN(CC)CCOC(=O)c1cc(N)ccc1C(=O)OC.Cl. The average Bonchev–Trinajstić information content (AvgIpc) is 2.50. The molecule has 22 heavy (non-hydrogen) atoms. The minimum absolute atomic E-state index is 0. The lowest BCUT2D eigenvalue weighted by molar-refractivity contribution is 0.0452. The van der Waals surface area contributed by atoms with Crippen molar-refractivity contribution in [2.45, 2.75) is 13.8 Å². The Kier molecular flexibility index (Phi) is 9.21. The number of esters is 2. The first-order chi connectivity index (χ1) is 10.0. The topological polar surface area (TPSA) is 81.9 Å². The van der Waals surface area contributed by atoms with Crippen molar-refractivity contribution < 1.29 is 19.1 Å². The maximum atomic E-state index is 12.1. The molecule has 0 saturated heterocycles. The molecule has 0 radical (unpaired) electrons. The number of methoxy groups -OCH3 is 1. The van der Waals surface area contributed by atoms with Crippen LogP contribution in [0.3, 0.4) is 0 Å². The van der Waals surface area contributed by atoms with Gasteiger partial charge in [-0.05, 0) is 31.3 Å². The molecular formula is C15H23ClN2O4. The van der Waals surface area contributed by atoms with Crippen LogP contribution in [0.5, 0.6) is 0 Å². The van der Waals surface area contributed by atoms with Gasteiger partial charge in [-0.2, -0.15) is 0 Å². The number of hydrogen-bond acceptors (Lipinski definition) is 6. The fourth-order valence-electron chi connectivity index (χ4n) is 1.90. The van der Waals surface area contributed by atoms with Gasteiger partial charge in [-0.1, -0.05) is 13.8 Å². The first-order valence-corrected chi connectivity index (χ1v) is 6.90. The minimum atomic E-state index is -0.592. The molecular weight excluding hydrogens is 308 g/mol. The van der Waals surface area contributed by atoms with E-state index in [0.29, 0.717) is 12.2 Å². The monoisotopic (exact) mass is 330 g/mol. The molecule has 0 amide bonds. The van der Waals surface area contributed by atoms with Crippen LogP contribution in [0.25, 0.3) is 0 Å². The van der Waals surface area contributed by atoms with Gasteiger partial charge in [-0.15, -0.1) is 12.4 Å². The molecule has 2 N–H and O–H groups in total. The summed E-state index contributed by atoms with van der Waals surface area (Å²) in [4.78, 5) is 25.9. The van der Waals surface area contributed by atoms with Gasteiger partial charge in [0.15, 0.2) is 0 Å². The van der Waals surface area contributed by atoms with Gasteiger partial charge in [0.05, 0.1) is 18.2 Å². The van der Waals surface area contributed by atoms with Crippen LogP contribution in [0.2, 0.25) is 0 Å². The number of benzene rings is 1. The van der Waals surface area contributed by atoms with Crippen molar-refractivity contribution in [1.82, 2.24) is 4.90 Å². The molecule has 0 aliphatic carbocycles. The van der Waals surface area contributed by atoms with E-state index in [1.165, 1.54) is 19.2 Å². The van der Waals surface area contributed by atoms with E-state index in [9.17, 15) is 9.59 Å². The zero-order valence-electron chi connectivity index (χ0n) is 13.1. The summed E-state index contributed by atoms with van der Waals surface area (Å²) in [7, 11) is 1.26. The molecule has 0 aliphatic heterocycles. The Hall–Kier alpha value is -1.79. The second-order valence-electron chi connectivity index (χ2n) is 4.46. The molecule has 1 aromatic rings. The number of nitrogens with two attached hydrogens (primary N) is 1. The van der Waals surface area contributed by atoms with Crippen LogP contribution in [-0.2, 0) is 9.47 Å².